The quantitative estimate of drug-likeness (QED) is 0.271. The lowest BCUT2D eigenvalue weighted by Gasteiger charge is -2.05. The molecule has 0 bridgehead atoms. The van der Waals surface area contributed by atoms with Crippen LogP contribution in [0, 0.1) is 10.1 Å². The first kappa shape index (κ1) is 17.9. The zero-order valence-electron chi connectivity index (χ0n) is 13.5. The minimum absolute atomic E-state index is 0.0731. The number of benzene rings is 2. The Morgan fingerprint density at radius 2 is 1.80 bits per heavy atom. The van der Waals surface area contributed by atoms with Crippen molar-refractivity contribution in [1.82, 2.24) is 0 Å². The Morgan fingerprint density at radius 3 is 2.36 bits per heavy atom. The molecule has 0 radical (unpaired) electrons. The molecule has 0 aliphatic rings. The monoisotopic (exact) mass is 343 g/mol. The van der Waals surface area contributed by atoms with Gasteiger partial charge in [0.05, 0.1) is 4.92 Å². The van der Waals surface area contributed by atoms with E-state index in [-0.39, 0.29) is 18.1 Å². The molecular formula is C17H17N3O5. The molecule has 2 rings (SSSR count). The highest BCUT2D eigenvalue weighted by atomic mass is 16.7. The molecule has 0 aliphatic carbocycles. The number of nitrogens with two attached hydrogens (primary N) is 1. The van der Waals surface area contributed by atoms with Gasteiger partial charge in [0.15, 0.2) is 12.4 Å². The maximum Gasteiger partial charge on any atom is 0.372 e. The average molecular weight is 343 g/mol. The molecule has 0 atom stereocenters. The number of carbonyl (C=O) groups excluding carboxylic acids is 1. The van der Waals surface area contributed by atoms with Crippen LogP contribution in [0.1, 0.15) is 18.1 Å². The smallest absolute Gasteiger partial charge is 0.372 e. The Hall–Kier alpha value is -3.42. The van der Waals surface area contributed by atoms with Crippen molar-refractivity contribution in [1.29, 1.82) is 0 Å². The fourth-order valence-electron chi connectivity index (χ4n) is 1.90. The predicted molar refractivity (Wildman–Crippen MR) is 91.2 cm³/mol. The van der Waals surface area contributed by atoms with E-state index in [1.807, 2.05) is 19.1 Å². The summed E-state index contributed by atoms with van der Waals surface area (Å²) >= 11 is 0. The summed E-state index contributed by atoms with van der Waals surface area (Å²) in [6, 6.07) is 12.7. The molecule has 0 saturated carbocycles. The second kappa shape index (κ2) is 8.44. The van der Waals surface area contributed by atoms with Gasteiger partial charge >= 0.3 is 5.97 Å². The van der Waals surface area contributed by atoms with E-state index in [9.17, 15) is 14.9 Å². The van der Waals surface area contributed by atoms with E-state index < -0.39 is 10.9 Å². The second-order valence-corrected chi connectivity index (χ2v) is 5.03. The van der Waals surface area contributed by atoms with Gasteiger partial charge in [-0.15, -0.1) is 0 Å². The van der Waals surface area contributed by atoms with Gasteiger partial charge in [-0.2, -0.15) is 0 Å². The van der Waals surface area contributed by atoms with Crippen molar-refractivity contribution in [2.75, 3.05) is 6.61 Å². The highest BCUT2D eigenvalue weighted by Gasteiger charge is 2.08. The largest absolute Gasteiger partial charge is 0.482 e. The van der Waals surface area contributed by atoms with Crippen molar-refractivity contribution in [3.8, 4) is 5.75 Å². The lowest BCUT2D eigenvalue weighted by molar-refractivity contribution is -0.384. The summed E-state index contributed by atoms with van der Waals surface area (Å²) in [6.07, 6.45) is 0.916. The van der Waals surface area contributed by atoms with Crippen LogP contribution in [0.15, 0.2) is 53.7 Å². The first-order valence-electron chi connectivity index (χ1n) is 7.49. The summed E-state index contributed by atoms with van der Waals surface area (Å²) in [4.78, 5) is 26.3. The minimum Gasteiger partial charge on any atom is -0.482 e. The third-order valence-electron chi connectivity index (χ3n) is 3.31. The number of ether oxygens (including phenoxy) is 1. The third-order valence-corrected chi connectivity index (χ3v) is 3.31. The van der Waals surface area contributed by atoms with Gasteiger partial charge in [-0.1, -0.05) is 24.2 Å². The van der Waals surface area contributed by atoms with Crippen LogP contribution in [0.2, 0.25) is 0 Å². The van der Waals surface area contributed by atoms with Crippen molar-refractivity contribution in [2.24, 2.45) is 10.9 Å². The zero-order chi connectivity index (χ0) is 18.2. The number of nitro benzene ring substituents is 1. The summed E-state index contributed by atoms with van der Waals surface area (Å²) < 4.78 is 5.29. The molecule has 8 nitrogen and oxygen atoms in total. The van der Waals surface area contributed by atoms with Gasteiger partial charge in [-0.3, -0.25) is 10.1 Å². The molecule has 0 unspecified atom stereocenters. The summed E-state index contributed by atoms with van der Waals surface area (Å²) in [7, 11) is 0. The number of amidine groups is 1. The van der Waals surface area contributed by atoms with Gasteiger partial charge < -0.3 is 15.3 Å². The van der Waals surface area contributed by atoms with Gasteiger partial charge in [-0.05, 0) is 36.2 Å². The van der Waals surface area contributed by atoms with Crippen LogP contribution in [-0.2, 0) is 16.1 Å². The molecular weight excluding hydrogens is 326 g/mol. The molecule has 0 fully saturated rings. The summed E-state index contributed by atoms with van der Waals surface area (Å²) in [5, 5.41) is 14.1. The minimum atomic E-state index is -0.718. The molecule has 0 spiro atoms. The molecule has 2 aromatic carbocycles. The molecule has 25 heavy (non-hydrogen) atoms. The van der Waals surface area contributed by atoms with Crippen molar-refractivity contribution in [3.05, 3.63) is 69.8 Å². The van der Waals surface area contributed by atoms with Crippen LogP contribution < -0.4 is 10.5 Å². The Bertz CT molecular complexity index is 770. The Labute approximate surface area is 144 Å². The summed E-state index contributed by atoms with van der Waals surface area (Å²) in [6.45, 7) is 1.73. The number of hydrogen-bond acceptors (Lipinski definition) is 6. The first-order valence-corrected chi connectivity index (χ1v) is 7.49. The van der Waals surface area contributed by atoms with Gasteiger partial charge in [0.25, 0.3) is 5.69 Å². The van der Waals surface area contributed by atoms with E-state index in [2.05, 4.69) is 9.99 Å². The summed E-state index contributed by atoms with van der Waals surface area (Å²) in [5.74, 6) is -0.249. The van der Waals surface area contributed by atoms with E-state index in [0.29, 0.717) is 11.3 Å². The lowest BCUT2D eigenvalue weighted by Crippen LogP contribution is -2.18. The maximum absolute atomic E-state index is 11.6. The molecule has 8 heteroatoms. The number of non-ortho nitro benzene ring substituents is 1. The van der Waals surface area contributed by atoms with E-state index >= 15 is 0 Å². The molecule has 0 amide bonds. The highest BCUT2D eigenvalue weighted by molar-refractivity contribution is 5.97. The molecule has 2 aromatic rings. The van der Waals surface area contributed by atoms with Gasteiger partial charge in [0.2, 0.25) is 0 Å². The van der Waals surface area contributed by atoms with Crippen LogP contribution in [0.3, 0.4) is 0 Å². The number of aryl methyl sites for hydroxylation is 1. The molecule has 0 aromatic heterocycles. The topological polar surface area (TPSA) is 117 Å². The Balaban J connectivity index is 1.86. The normalized spacial score (nSPS) is 11.0. The third kappa shape index (κ3) is 5.31. The zero-order valence-corrected chi connectivity index (χ0v) is 13.5. The molecule has 0 aliphatic heterocycles. The van der Waals surface area contributed by atoms with Gasteiger partial charge in [0, 0.05) is 17.7 Å². The van der Waals surface area contributed by atoms with Crippen molar-refractivity contribution < 1.29 is 19.3 Å². The van der Waals surface area contributed by atoms with Gasteiger partial charge in [-0.25, -0.2) is 4.79 Å². The van der Waals surface area contributed by atoms with E-state index in [4.69, 9.17) is 10.5 Å². The Morgan fingerprint density at radius 1 is 1.16 bits per heavy atom. The SMILES string of the molecule is CCc1ccc(OCC(=O)ON=C(N)c2ccc([N+](=O)[O-])cc2)cc1. The van der Waals surface area contributed by atoms with E-state index in [0.717, 1.165) is 12.0 Å². The predicted octanol–water partition coefficient (Wildman–Crippen LogP) is 2.40. The highest BCUT2D eigenvalue weighted by Crippen LogP contribution is 2.13. The van der Waals surface area contributed by atoms with Crippen LogP contribution in [0.5, 0.6) is 5.75 Å². The fourth-order valence-corrected chi connectivity index (χ4v) is 1.90. The number of rotatable bonds is 7. The van der Waals surface area contributed by atoms with Crippen molar-refractivity contribution in [2.45, 2.75) is 13.3 Å². The second-order valence-electron chi connectivity index (χ2n) is 5.03. The first-order chi connectivity index (χ1) is 12.0. The van der Waals surface area contributed by atoms with Crippen molar-refractivity contribution >= 4 is 17.5 Å². The van der Waals surface area contributed by atoms with Crippen LogP contribution in [0.4, 0.5) is 5.69 Å². The summed E-state index contributed by atoms with van der Waals surface area (Å²) in [5.41, 5.74) is 7.16. The van der Waals surface area contributed by atoms with E-state index in [1.54, 1.807) is 12.1 Å². The number of nitro groups is 1. The van der Waals surface area contributed by atoms with Crippen LogP contribution >= 0.6 is 0 Å². The average Bonchev–Trinajstić information content (AvgIpc) is 2.64. The number of hydrogen-bond donors (Lipinski definition) is 1. The van der Waals surface area contributed by atoms with Crippen LogP contribution in [0.25, 0.3) is 0 Å². The number of carbonyl (C=O) groups is 1. The molecule has 130 valence electrons. The molecule has 0 saturated heterocycles. The number of nitrogens with zero attached hydrogens (tertiary/aromatic N) is 2. The lowest BCUT2D eigenvalue weighted by atomic mass is 10.2. The molecule has 0 heterocycles. The maximum atomic E-state index is 11.6. The van der Waals surface area contributed by atoms with Gasteiger partial charge in [0.1, 0.15) is 5.75 Å². The van der Waals surface area contributed by atoms with Crippen LogP contribution in [-0.4, -0.2) is 23.3 Å². The standard InChI is InChI=1S/C17H17N3O5/c1-2-12-3-9-15(10-4-12)24-11-16(21)25-19-17(18)13-5-7-14(8-6-13)20(22)23/h3-10H,2,11H2,1H3,(H2,18,19). The van der Waals surface area contributed by atoms with E-state index in [1.165, 1.54) is 24.3 Å². The number of oxime groups is 1. The molecule has 2 N–H and O–H groups in total. The fraction of sp³-hybridized carbons (Fsp3) is 0.176. The van der Waals surface area contributed by atoms with Crippen molar-refractivity contribution in [3.63, 3.8) is 0 Å². The Kier molecular flexibility index (Phi) is 6.05.